The molecule has 0 aliphatic rings. The first kappa shape index (κ1) is 15.4. The van der Waals surface area contributed by atoms with Crippen LogP contribution in [0.25, 0.3) is 0 Å². The van der Waals surface area contributed by atoms with Crippen molar-refractivity contribution in [3.05, 3.63) is 59.1 Å². The lowest BCUT2D eigenvalue weighted by atomic mass is 10.1. The summed E-state index contributed by atoms with van der Waals surface area (Å²) in [6, 6.07) is 14.3. The largest absolute Gasteiger partial charge is 0.397 e. The van der Waals surface area contributed by atoms with Gasteiger partial charge in [-0.2, -0.15) is 0 Å². The SMILES string of the molecule is COC(C(=O)N(C)c1cc(Cl)ccc1N)c1ccccc1. The third kappa shape index (κ3) is 3.35. The summed E-state index contributed by atoms with van der Waals surface area (Å²) in [5, 5.41) is 0.521. The van der Waals surface area contributed by atoms with E-state index in [2.05, 4.69) is 0 Å². The molecule has 21 heavy (non-hydrogen) atoms. The molecule has 0 saturated carbocycles. The highest BCUT2D eigenvalue weighted by Gasteiger charge is 2.25. The van der Waals surface area contributed by atoms with Gasteiger partial charge in [0.1, 0.15) is 0 Å². The van der Waals surface area contributed by atoms with Crippen LogP contribution in [0.3, 0.4) is 0 Å². The maximum atomic E-state index is 12.6. The summed E-state index contributed by atoms with van der Waals surface area (Å²) in [7, 11) is 3.16. The average molecular weight is 305 g/mol. The Hall–Kier alpha value is -2.04. The number of carbonyl (C=O) groups is 1. The number of rotatable bonds is 4. The molecule has 0 spiro atoms. The van der Waals surface area contributed by atoms with Crippen molar-refractivity contribution >= 4 is 28.9 Å². The van der Waals surface area contributed by atoms with E-state index in [-0.39, 0.29) is 5.91 Å². The van der Waals surface area contributed by atoms with Crippen molar-refractivity contribution in [3.63, 3.8) is 0 Å². The van der Waals surface area contributed by atoms with Gasteiger partial charge in [-0.1, -0.05) is 41.9 Å². The Morgan fingerprint density at radius 1 is 1.24 bits per heavy atom. The Kier molecular flexibility index (Phi) is 4.83. The molecule has 0 heterocycles. The van der Waals surface area contributed by atoms with E-state index in [4.69, 9.17) is 22.1 Å². The Morgan fingerprint density at radius 3 is 2.52 bits per heavy atom. The van der Waals surface area contributed by atoms with E-state index in [1.807, 2.05) is 30.3 Å². The van der Waals surface area contributed by atoms with Gasteiger partial charge in [0.25, 0.3) is 5.91 Å². The van der Waals surface area contributed by atoms with E-state index in [0.717, 1.165) is 5.56 Å². The van der Waals surface area contributed by atoms with Gasteiger partial charge < -0.3 is 15.4 Å². The Morgan fingerprint density at radius 2 is 1.90 bits per heavy atom. The van der Waals surface area contributed by atoms with Crippen molar-refractivity contribution < 1.29 is 9.53 Å². The van der Waals surface area contributed by atoms with Crippen LogP contribution >= 0.6 is 11.6 Å². The lowest BCUT2D eigenvalue weighted by molar-refractivity contribution is -0.128. The number of hydrogen-bond donors (Lipinski definition) is 1. The van der Waals surface area contributed by atoms with E-state index < -0.39 is 6.10 Å². The fourth-order valence-corrected chi connectivity index (χ4v) is 2.28. The number of nitrogens with zero attached hydrogens (tertiary/aromatic N) is 1. The normalized spacial score (nSPS) is 12.0. The summed E-state index contributed by atoms with van der Waals surface area (Å²) >= 11 is 5.97. The number of halogens is 1. The first-order chi connectivity index (χ1) is 10.0. The molecule has 2 N–H and O–H groups in total. The number of carbonyl (C=O) groups excluding carboxylic acids is 1. The number of ether oxygens (including phenoxy) is 1. The average Bonchev–Trinajstić information content (AvgIpc) is 2.50. The van der Waals surface area contributed by atoms with Gasteiger partial charge >= 0.3 is 0 Å². The van der Waals surface area contributed by atoms with E-state index in [0.29, 0.717) is 16.4 Å². The maximum Gasteiger partial charge on any atom is 0.260 e. The van der Waals surface area contributed by atoms with Gasteiger partial charge in [0, 0.05) is 19.2 Å². The molecular weight excluding hydrogens is 288 g/mol. The van der Waals surface area contributed by atoms with Crippen molar-refractivity contribution in [1.29, 1.82) is 0 Å². The van der Waals surface area contributed by atoms with Crippen molar-refractivity contribution in [1.82, 2.24) is 0 Å². The number of anilines is 2. The predicted molar refractivity (Wildman–Crippen MR) is 85.5 cm³/mol. The molecule has 0 aliphatic heterocycles. The number of benzene rings is 2. The molecule has 1 amide bonds. The minimum absolute atomic E-state index is 0.210. The van der Waals surface area contributed by atoms with Gasteiger partial charge in [-0.3, -0.25) is 4.79 Å². The van der Waals surface area contributed by atoms with Crippen molar-refractivity contribution in [2.75, 3.05) is 24.8 Å². The third-order valence-corrected chi connectivity index (χ3v) is 3.48. The van der Waals surface area contributed by atoms with Gasteiger partial charge in [0.15, 0.2) is 6.10 Å². The molecule has 0 aromatic heterocycles. The highest BCUT2D eigenvalue weighted by atomic mass is 35.5. The topological polar surface area (TPSA) is 55.6 Å². The van der Waals surface area contributed by atoms with E-state index >= 15 is 0 Å². The number of hydrogen-bond acceptors (Lipinski definition) is 3. The number of amides is 1. The van der Waals surface area contributed by atoms with Crippen LogP contribution in [0.1, 0.15) is 11.7 Å². The monoisotopic (exact) mass is 304 g/mol. The van der Waals surface area contributed by atoms with Gasteiger partial charge in [-0.15, -0.1) is 0 Å². The van der Waals surface area contributed by atoms with Crippen LogP contribution in [0.5, 0.6) is 0 Å². The first-order valence-electron chi connectivity index (χ1n) is 6.45. The molecule has 110 valence electrons. The molecule has 2 aromatic carbocycles. The second-order valence-corrected chi connectivity index (χ2v) is 5.06. The Labute approximate surface area is 129 Å². The highest BCUT2D eigenvalue weighted by molar-refractivity contribution is 6.31. The standard InChI is InChI=1S/C16H17ClN2O2/c1-19(14-10-12(17)8-9-13(14)18)16(20)15(21-2)11-6-4-3-5-7-11/h3-10,15H,18H2,1-2H3. The van der Waals surface area contributed by atoms with Crippen LogP contribution in [-0.2, 0) is 9.53 Å². The summed E-state index contributed by atoms with van der Waals surface area (Å²) in [5.74, 6) is -0.210. The molecule has 0 bridgehead atoms. The molecule has 0 aliphatic carbocycles. The van der Waals surface area contributed by atoms with Crippen LogP contribution in [0.2, 0.25) is 5.02 Å². The van der Waals surface area contributed by atoms with E-state index in [1.165, 1.54) is 12.0 Å². The molecule has 1 unspecified atom stereocenters. The summed E-state index contributed by atoms with van der Waals surface area (Å²) in [6.07, 6.45) is -0.686. The molecule has 0 radical (unpaired) electrons. The van der Waals surface area contributed by atoms with Crippen molar-refractivity contribution in [2.45, 2.75) is 6.10 Å². The molecular formula is C16H17ClN2O2. The molecule has 5 heteroatoms. The highest BCUT2D eigenvalue weighted by Crippen LogP contribution is 2.29. The van der Waals surface area contributed by atoms with Crippen LogP contribution in [0.15, 0.2) is 48.5 Å². The molecule has 2 aromatic rings. The fraction of sp³-hybridized carbons (Fsp3) is 0.188. The quantitative estimate of drug-likeness (QED) is 0.882. The van der Waals surface area contributed by atoms with Crippen LogP contribution in [0, 0.1) is 0 Å². The number of nitrogens with two attached hydrogens (primary N) is 1. The second kappa shape index (κ2) is 6.61. The van der Waals surface area contributed by atoms with Crippen molar-refractivity contribution in [2.24, 2.45) is 0 Å². The lowest BCUT2D eigenvalue weighted by Crippen LogP contribution is -2.33. The molecule has 0 fully saturated rings. The molecule has 0 saturated heterocycles. The summed E-state index contributed by atoms with van der Waals surface area (Å²) in [5.41, 5.74) is 7.75. The zero-order valence-corrected chi connectivity index (χ0v) is 12.7. The molecule has 2 rings (SSSR count). The molecule has 4 nitrogen and oxygen atoms in total. The first-order valence-corrected chi connectivity index (χ1v) is 6.82. The summed E-state index contributed by atoms with van der Waals surface area (Å²) < 4.78 is 5.35. The number of likely N-dealkylation sites (N-methyl/N-ethyl adjacent to an activating group) is 1. The minimum atomic E-state index is -0.686. The third-order valence-electron chi connectivity index (χ3n) is 3.25. The van der Waals surface area contributed by atoms with Crippen molar-refractivity contribution in [3.8, 4) is 0 Å². The fourth-order valence-electron chi connectivity index (χ4n) is 2.11. The Balaban J connectivity index is 2.31. The maximum absolute atomic E-state index is 12.6. The van der Waals surface area contributed by atoms with Crippen LogP contribution in [-0.4, -0.2) is 20.1 Å². The van der Waals surface area contributed by atoms with Gasteiger partial charge in [-0.05, 0) is 23.8 Å². The zero-order valence-electron chi connectivity index (χ0n) is 11.9. The van der Waals surface area contributed by atoms with Crippen LogP contribution < -0.4 is 10.6 Å². The van der Waals surface area contributed by atoms with Crippen LogP contribution in [0.4, 0.5) is 11.4 Å². The lowest BCUT2D eigenvalue weighted by Gasteiger charge is -2.24. The predicted octanol–water partition coefficient (Wildman–Crippen LogP) is 3.27. The summed E-state index contributed by atoms with van der Waals surface area (Å²) in [6.45, 7) is 0. The van der Waals surface area contributed by atoms with E-state index in [1.54, 1.807) is 25.2 Å². The smallest absolute Gasteiger partial charge is 0.260 e. The second-order valence-electron chi connectivity index (χ2n) is 4.63. The van der Waals surface area contributed by atoms with Gasteiger partial charge in [0.05, 0.1) is 11.4 Å². The van der Waals surface area contributed by atoms with Gasteiger partial charge in [-0.25, -0.2) is 0 Å². The minimum Gasteiger partial charge on any atom is -0.397 e. The van der Waals surface area contributed by atoms with Gasteiger partial charge in [0.2, 0.25) is 0 Å². The number of methoxy groups -OCH3 is 1. The molecule has 1 atom stereocenters. The Bertz CT molecular complexity index is 631. The van der Waals surface area contributed by atoms with E-state index in [9.17, 15) is 4.79 Å². The number of nitrogen functional groups attached to an aromatic ring is 1. The zero-order chi connectivity index (χ0) is 15.4. The summed E-state index contributed by atoms with van der Waals surface area (Å²) in [4.78, 5) is 14.1.